The van der Waals surface area contributed by atoms with E-state index in [-0.39, 0.29) is 6.10 Å². The number of benzene rings is 1. The van der Waals surface area contributed by atoms with Crippen LogP contribution in [-0.4, -0.2) is 45.1 Å². The SMILES string of the molecule is C#C[C@H](OCc1ccc(OC)cc1)[C@H]1OCCC[C@@H]1O/C=C/C(=O)OC. The number of ether oxygens (including phenoxy) is 5. The van der Waals surface area contributed by atoms with E-state index < -0.39 is 18.2 Å². The molecule has 1 aromatic rings. The summed E-state index contributed by atoms with van der Waals surface area (Å²) in [6.07, 6.45) is 8.54. The summed E-state index contributed by atoms with van der Waals surface area (Å²) >= 11 is 0. The number of hydrogen-bond acceptors (Lipinski definition) is 6. The van der Waals surface area contributed by atoms with Crippen molar-refractivity contribution in [1.82, 2.24) is 0 Å². The van der Waals surface area contributed by atoms with Crippen molar-refractivity contribution in [2.45, 2.75) is 37.8 Å². The van der Waals surface area contributed by atoms with E-state index in [2.05, 4.69) is 10.7 Å². The highest BCUT2D eigenvalue weighted by molar-refractivity contribution is 5.81. The molecule has 1 saturated heterocycles. The molecule has 0 bridgehead atoms. The maximum Gasteiger partial charge on any atom is 0.333 e. The Kier molecular flexibility index (Phi) is 8.00. The lowest BCUT2D eigenvalue weighted by molar-refractivity contribution is -0.137. The zero-order chi connectivity index (χ0) is 18.8. The molecule has 6 nitrogen and oxygen atoms in total. The third-order valence-corrected chi connectivity index (χ3v) is 4.02. The van der Waals surface area contributed by atoms with E-state index in [1.807, 2.05) is 24.3 Å². The number of carbonyl (C=O) groups excluding carboxylic acids is 1. The van der Waals surface area contributed by atoms with Gasteiger partial charge in [-0.05, 0) is 30.5 Å². The molecule has 1 heterocycles. The Hall–Kier alpha value is -2.49. The summed E-state index contributed by atoms with van der Waals surface area (Å²) in [6.45, 7) is 0.943. The summed E-state index contributed by atoms with van der Waals surface area (Å²) < 4.78 is 27.0. The average Bonchev–Trinajstić information content (AvgIpc) is 2.69. The fourth-order valence-corrected chi connectivity index (χ4v) is 2.61. The van der Waals surface area contributed by atoms with Gasteiger partial charge in [-0.25, -0.2) is 4.79 Å². The van der Waals surface area contributed by atoms with Crippen LogP contribution in [0.4, 0.5) is 0 Å². The third kappa shape index (κ3) is 5.80. The minimum atomic E-state index is -0.561. The molecular formula is C20H24O6. The molecule has 1 fully saturated rings. The molecule has 0 radical (unpaired) electrons. The number of methoxy groups -OCH3 is 2. The van der Waals surface area contributed by atoms with Crippen molar-refractivity contribution in [2.75, 3.05) is 20.8 Å². The second-order valence-corrected chi connectivity index (χ2v) is 5.72. The summed E-state index contributed by atoms with van der Waals surface area (Å²) in [5.74, 6) is 2.93. The van der Waals surface area contributed by atoms with Gasteiger partial charge in [0.1, 0.15) is 24.1 Å². The van der Waals surface area contributed by atoms with Gasteiger partial charge in [0.25, 0.3) is 0 Å². The van der Waals surface area contributed by atoms with Gasteiger partial charge in [0, 0.05) is 6.61 Å². The quantitative estimate of drug-likeness (QED) is 0.307. The number of esters is 1. The van der Waals surface area contributed by atoms with E-state index in [9.17, 15) is 4.79 Å². The van der Waals surface area contributed by atoms with Crippen molar-refractivity contribution < 1.29 is 28.5 Å². The maximum absolute atomic E-state index is 11.1. The van der Waals surface area contributed by atoms with E-state index in [1.54, 1.807) is 7.11 Å². The molecule has 0 aliphatic carbocycles. The molecule has 1 aromatic carbocycles. The topological polar surface area (TPSA) is 63.2 Å². The molecule has 3 atom stereocenters. The van der Waals surface area contributed by atoms with Gasteiger partial charge >= 0.3 is 5.97 Å². The molecule has 0 unspecified atom stereocenters. The molecule has 0 spiro atoms. The van der Waals surface area contributed by atoms with Gasteiger partial charge in [-0.15, -0.1) is 6.42 Å². The highest BCUT2D eigenvalue weighted by Crippen LogP contribution is 2.23. The lowest BCUT2D eigenvalue weighted by atomic mass is 10.0. The standard InChI is InChI=1S/C20H24O6/c1-4-17(26-14-15-7-9-16(22-2)10-8-15)20-18(6-5-12-25-20)24-13-11-19(21)23-3/h1,7-11,13,17-18,20H,5-6,12,14H2,2-3H3/b13-11+/t17-,18-,20+/m0/s1. The van der Waals surface area contributed by atoms with Crippen molar-refractivity contribution in [2.24, 2.45) is 0 Å². The first-order valence-corrected chi connectivity index (χ1v) is 8.40. The van der Waals surface area contributed by atoms with Crippen molar-refractivity contribution in [1.29, 1.82) is 0 Å². The fourth-order valence-electron chi connectivity index (χ4n) is 2.61. The average molecular weight is 360 g/mol. The van der Waals surface area contributed by atoms with Crippen LogP contribution in [-0.2, 0) is 30.3 Å². The normalized spacial score (nSPS) is 21.0. The van der Waals surface area contributed by atoms with E-state index in [0.29, 0.717) is 13.2 Å². The van der Waals surface area contributed by atoms with E-state index in [4.69, 9.17) is 25.4 Å². The van der Waals surface area contributed by atoms with Crippen LogP contribution in [0.5, 0.6) is 5.75 Å². The van der Waals surface area contributed by atoms with Gasteiger partial charge in [0.2, 0.25) is 0 Å². The zero-order valence-corrected chi connectivity index (χ0v) is 15.1. The predicted molar refractivity (Wildman–Crippen MR) is 95.4 cm³/mol. The van der Waals surface area contributed by atoms with Gasteiger partial charge in [0.05, 0.1) is 33.2 Å². The van der Waals surface area contributed by atoms with Crippen LogP contribution in [0.25, 0.3) is 0 Å². The van der Waals surface area contributed by atoms with Gasteiger partial charge in [0.15, 0.2) is 0 Å². The molecule has 2 rings (SSSR count). The monoisotopic (exact) mass is 360 g/mol. The zero-order valence-electron chi connectivity index (χ0n) is 15.1. The lowest BCUT2D eigenvalue weighted by Crippen LogP contribution is -2.44. The van der Waals surface area contributed by atoms with Gasteiger partial charge < -0.3 is 23.7 Å². The van der Waals surface area contributed by atoms with Crippen LogP contribution in [0, 0.1) is 12.3 Å². The Morgan fingerprint density at radius 2 is 2.15 bits per heavy atom. The summed E-state index contributed by atoms with van der Waals surface area (Å²) in [4.78, 5) is 11.1. The molecule has 26 heavy (non-hydrogen) atoms. The largest absolute Gasteiger partial charge is 0.497 e. The van der Waals surface area contributed by atoms with Crippen LogP contribution in [0.15, 0.2) is 36.6 Å². The molecule has 1 aliphatic heterocycles. The molecule has 0 saturated carbocycles. The van der Waals surface area contributed by atoms with Crippen molar-refractivity contribution in [3.63, 3.8) is 0 Å². The second kappa shape index (κ2) is 10.5. The maximum atomic E-state index is 11.1. The first kappa shape index (κ1) is 19.8. The van der Waals surface area contributed by atoms with E-state index in [1.165, 1.54) is 19.4 Å². The number of hydrogen-bond donors (Lipinski definition) is 0. The molecule has 0 aromatic heterocycles. The summed E-state index contributed by atoms with van der Waals surface area (Å²) in [5, 5.41) is 0. The smallest absolute Gasteiger partial charge is 0.333 e. The number of rotatable bonds is 8. The summed E-state index contributed by atoms with van der Waals surface area (Å²) in [6, 6.07) is 7.57. The van der Waals surface area contributed by atoms with E-state index in [0.717, 1.165) is 24.2 Å². The second-order valence-electron chi connectivity index (χ2n) is 5.72. The fraction of sp³-hybridized carbons (Fsp3) is 0.450. The molecule has 140 valence electrons. The van der Waals surface area contributed by atoms with Crippen LogP contribution in [0.1, 0.15) is 18.4 Å². The highest BCUT2D eigenvalue weighted by atomic mass is 16.6. The van der Waals surface area contributed by atoms with Crippen molar-refractivity contribution >= 4 is 5.97 Å². The number of carbonyl (C=O) groups is 1. The first-order chi connectivity index (χ1) is 12.7. The third-order valence-electron chi connectivity index (χ3n) is 4.02. The Morgan fingerprint density at radius 3 is 2.81 bits per heavy atom. The van der Waals surface area contributed by atoms with Crippen LogP contribution < -0.4 is 4.74 Å². The molecule has 6 heteroatoms. The Balaban J connectivity index is 1.94. The van der Waals surface area contributed by atoms with Crippen LogP contribution in [0.3, 0.4) is 0 Å². The summed E-state index contributed by atoms with van der Waals surface area (Å²) in [5.41, 5.74) is 0.977. The van der Waals surface area contributed by atoms with E-state index >= 15 is 0 Å². The Labute approximate surface area is 154 Å². The molecule has 1 aliphatic rings. The Morgan fingerprint density at radius 1 is 1.38 bits per heavy atom. The van der Waals surface area contributed by atoms with Gasteiger partial charge in [-0.2, -0.15) is 0 Å². The highest BCUT2D eigenvalue weighted by Gasteiger charge is 2.34. The number of terminal acetylenes is 1. The van der Waals surface area contributed by atoms with Crippen molar-refractivity contribution in [3.8, 4) is 18.1 Å². The summed E-state index contributed by atoms with van der Waals surface area (Å²) in [7, 11) is 2.93. The lowest BCUT2D eigenvalue weighted by Gasteiger charge is -2.34. The van der Waals surface area contributed by atoms with Gasteiger partial charge in [-0.3, -0.25) is 0 Å². The molecular weight excluding hydrogens is 336 g/mol. The minimum Gasteiger partial charge on any atom is -0.497 e. The van der Waals surface area contributed by atoms with Crippen molar-refractivity contribution in [3.05, 3.63) is 42.2 Å². The molecule has 0 N–H and O–H groups in total. The molecule has 0 amide bonds. The van der Waals surface area contributed by atoms with Crippen LogP contribution >= 0.6 is 0 Å². The van der Waals surface area contributed by atoms with Crippen LogP contribution in [0.2, 0.25) is 0 Å². The first-order valence-electron chi connectivity index (χ1n) is 8.40. The minimum absolute atomic E-state index is 0.290. The van der Waals surface area contributed by atoms with Gasteiger partial charge in [-0.1, -0.05) is 18.1 Å². The Bertz CT molecular complexity index is 631. The predicted octanol–water partition coefficient (Wildman–Crippen LogP) is 2.46.